The minimum absolute atomic E-state index is 0.188. The molecular weight excluding hydrogens is 224 g/mol. The molecule has 1 aromatic rings. The van der Waals surface area contributed by atoms with Crippen molar-refractivity contribution in [1.29, 1.82) is 5.26 Å². The van der Waals surface area contributed by atoms with Crippen LogP contribution < -0.4 is 10.5 Å². The van der Waals surface area contributed by atoms with Gasteiger partial charge < -0.3 is 10.5 Å². The molecular formula is C15H20N2O. The minimum atomic E-state index is -0.337. The number of hydrogen-bond donors (Lipinski definition) is 1. The Hall–Kier alpha value is -1.53. The van der Waals surface area contributed by atoms with E-state index in [1.807, 2.05) is 19.9 Å². The number of nitrogens with zero attached hydrogens (tertiary/aromatic N) is 1. The molecule has 1 aliphatic rings. The van der Waals surface area contributed by atoms with Crippen LogP contribution in [0.4, 0.5) is 0 Å². The van der Waals surface area contributed by atoms with Crippen molar-refractivity contribution in [3.63, 3.8) is 0 Å². The molecule has 0 spiro atoms. The number of hydrogen-bond acceptors (Lipinski definition) is 3. The largest absolute Gasteiger partial charge is 0.496 e. The van der Waals surface area contributed by atoms with Crippen molar-refractivity contribution < 1.29 is 4.74 Å². The lowest BCUT2D eigenvalue weighted by molar-refractivity contribution is 0.410. The molecule has 0 saturated heterocycles. The van der Waals surface area contributed by atoms with Crippen LogP contribution in [0, 0.1) is 37.5 Å². The normalized spacial score (nSPS) is 18.0. The smallest absolute Gasteiger partial charge is 0.122 e. The maximum absolute atomic E-state index is 9.29. The van der Waals surface area contributed by atoms with Crippen molar-refractivity contribution in [1.82, 2.24) is 0 Å². The molecule has 1 aliphatic carbocycles. The summed E-state index contributed by atoms with van der Waals surface area (Å²) in [6, 6.07) is 4.23. The van der Waals surface area contributed by atoms with Crippen molar-refractivity contribution in [3.05, 3.63) is 28.3 Å². The SMILES string of the molecule is COc1cc(C)c(C(N)C2(C#N)CC2)c(C)c1C. The first-order valence-corrected chi connectivity index (χ1v) is 6.28. The van der Waals surface area contributed by atoms with Gasteiger partial charge >= 0.3 is 0 Å². The van der Waals surface area contributed by atoms with Crippen LogP contribution in [-0.2, 0) is 0 Å². The van der Waals surface area contributed by atoms with Gasteiger partial charge in [-0.2, -0.15) is 5.26 Å². The summed E-state index contributed by atoms with van der Waals surface area (Å²) >= 11 is 0. The molecule has 0 bridgehead atoms. The highest BCUT2D eigenvalue weighted by Gasteiger charge is 2.50. The fourth-order valence-electron chi connectivity index (χ4n) is 2.66. The molecule has 1 unspecified atom stereocenters. The van der Waals surface area contributed by atoms with E-state index in [9.17, 15) is 5.26 Å². The average Bonchev–Trinajstić information content (AvgIpc) is 3.14. The van der Waals surface area contributed by atoms with Crippen molar-refractivity contribution in [2.75, 3.05) is 7.11 Å². The van der Waals surface area contributed by atoms with Gasteiger partial charge in [0.15, 0.2) is 0 Å². The van der Waals surface area contributed by atoms with Gasteiger partial charge in [-0.25, -0.2) is 0 Å². The Morgan fingerprint density at radius 3 is 2.39 bits per heavy atom. The molecule has 1 fully saturated rings. The second-order valence-electron chi connectivity index (χ2n) is 5.31. The molecule has 2 N–H and O–H groups in total. The molecule has 1 aromatic carbocycles. The predicted molar refractivity (Wildman–Crippen MR) is 71.4 cm³/mol. The molecule has 3 heteroatoms. The quantitative estimate of drug-likeness (QED) is 0.889. The number of nitrogens with two attached hydrogens (primary N) is 1. The fraction of sp³-hybridized carbons (Fsp3) is 0.533. The Kier molecular flexibility index (Phi) is 3.08. The van der Waals surface area contributed by atoms with E-state index in [1.165, 1.54) is 0 Å². The van der Waals surface area contributed by atoms with Gasteiger partial charge in [-0.15, -0.1) is 0 Å². The molecule has 18 heavy (non-hydrogen) atoms. The second-order valence-corrected chi connectivity index (χ2v) is 5.31. The Morgan fingerprint density at radius 1 is 1.33 bits per heavy atom. The summed E-state index contributed by atoms with van der Waals surface area (Å²) in [5.41, 5.74) is 10.5. The van der Waals surface area contributed by atoms with Crippen LogP contribution in [0.2, 0.25) is 0 Å². The van der Waals surface area contributed by atoms with Gasteiger partial charge in [0.2, 0.25) is 0 Å². The molecule has 0 radical (unpaired) electrons. The van der Waals surface area contributed by atoms with E-state index in [0.29, 0.717) is 0 Å². The van der Waals surface area contributed by atoms with Crippen LogP contribution in [0.25, 0.3) is 0 Å². The highest BCUT2D eigenvalue weighted by Crippen LogP contribution is 2.54. The van der Waals surface area contributed by atoms with Crippen molar-refractivity contribution in [2.24, 2.45) is 11.1 Å². The van der Waals surface area contributed by atoms with E-state index in [-0.39, 0.29) is 11.5 Å². The number of methoxy groups -OCH3 is 1. The average molecular weight is 244 g/mol. The van der Waals surface area contributed by atoms with Gasteiger partial charge in [-0.1, -0.05) is 0 Å². The van der Waals surface area contributed by atoms with Crippen LogP contribution >= 0.6 is 0 Å². The standard InChI is InChI=1S/C15H20N2O/c1-9-7-12(18-4)10(2)11(3)13(9)14(17)15(8-16)5-6-15/h7,14H,5-6,17H2,1-4H3. The van der Waals surface area contributed by atoms with Gasteiger partial charge in [0.25, 0.3) is 0 Å². The van der Waals surface area contributed by atoms with E-state index in [2.05, 4.69) is 13.0 Å². The molecule has 96 valence electrons. The van der Waals surface area contributed by atoms with Gasteiger partial charge in [0, 0.05) is 6.04 Å². The second kappa shape index (κ2) is 4.29. The van der Waals surface area contributed by atoms with E-state index in [0.717, 1.165) is 40.8 Å². The lowest BCUT2D eigenvalue weighted by Gasteiger charge is -2.24. The summed E-state index contributed by atoms with van der Waals surface area (Å²) in [5.74, 6) is 0.891. The lowest BCUT2D eigenvalue weighted by atomic mass is 9.85. The summed E-state index contributed by atoms with van der Waals surface area (Å²) in [7, 11) is 1.68. The zero-order valence-corrected chi connectivity index (χ0v) is 11.5. The summed E-state index contributed by atoms with van der Waals surface area (Å²) < 4.78 is 5.36. The molecule has 1 atom stereocenters. The molecule has 0 amide bonds. The van der Waals surface area contributed by atoms with E-state index in [4.69, 9.17) is 10.5 Å². The Balaban J connectivity index is 2.53. The summed E-state index contributed by atoms with van der Waals surface area (Å²) in [6.07, 6.45) is 1.82. The topological polar surface area (TPSA) is 59.0 Å². The zero-order valence-electron chi connectivity index (χ0n) is 11.5. The number of nitriles is 1. The van der Waals surface area contributed by atoms with Crippen LogP contribution in [0.1, 0.15) is 41.1 Å². The Labute approximate surface area is 109 Å². The number of benzene rings is 1. The zero-order chi connectivity index (χ0) is 13.5. The third-order valence-corrected chi connectivity index (χ3v) is 4.25. The highest BCUT2D eigenvalue weighted by molar-refractivity contribution is 5.50. The minimum Gasteiger partial charge on any atom is -0.496 e. The van der Waals surface area contributed by atoms with Crippen molar-refractivity contribution in [3.8, 4) is 11.8 Å². The predicted octanol–water partition coefficient (Wildman–Crippen LogP) is 2.92. The van der Waals surface area contributed by atoms with Crippen molar-refractivity contribution in [2.45, 2.75) is 39.7 Å². The molecule has 2 rings (SSSR count). The summed E-state index contributed by atoms with van der Waals surface area (Å²) in [5, 5.41) is 9.29. The first kappa shape index (κ1) is 12.9. The van der Waals surface area contributed by atoms with E-state index in [1.54, 1.807) is 7.11 Å². The molecule has 0 aromatic heterocycles. The number of aryl methyl sites for hydroxylation is 1. The molecule has 3 nitrogen and oxygen atoms in total. The Bertz CT molecular complexity index is 524. The van der Waals surface area contributed by atoms with Gasteiger partial charge in [0.05, 0.1) is 18.6 Å². The number of ether oxygens (including phenoxy) is 1. The van der Waals surface area contributed by atoms with Gasteiger partial charge in [-0.05, 0) is 61.9 Å². The summed E-state index contributed by atoms with van der Waals surface area (Å²) in [6.45, 7) is 6.14. The third kappa shape index (κ3) is 1.77. The van der Waals surface area contributed by atoms with E-state index >= 15 is 0 Å². The maximum atomic E-state index is 9.29. The number of rotatable bonds is 3. The first-order chi connectivity index (χ1) is 8.46. The third-order valence-electron chi connectivity index (χ3n) is 4.25. The van der Waals surface area contributed by atoms with Crippen LogP contribution in [0.5, 0.6) is 5.75 Å². The first-order valence-electron chi connectivity index (χ1n) is 6.28. The monoisotopic (exact) mass is 244 g/mol. The van der Waals surface area contributed by atoms with Gasteiger partial charge in [0.1, 0.15) is 5.75 Å². The van der Waals surface area contributed by atoms with Crippen molar-refractivity contribution >= 4 is 0 Å². The van der Waals surface area contributed by atoms with Crippen LogP contribution in [0.3, 0.4) is 0 Å². The highest BCUT2D eigenvalue weighted by atomic mass is 16.5. The maximum Gasteiger partial charge on any atom is 0.122 e. The summed E-state index contributed by atoms with van der Waals surface area (Å²) in [4.78, 5) is 0. The van der Waals surface area contributed by atoms with Crippen LogP contribution in [0.15, 0.2) is 6.07 Å². The van der Waals surface area contributed by atoms with E-state index < -0.39 is 0 Å². The molecule has 0 heterocycles. The van der Waals surface area contributed by atoms with Gasteiger partial charge in [-0.3, -0.25) is 0 Å². The Morgan fingerprint density at radius 2 is 1.94 bits per heavy atom. The fourth-order valence-corrected chi connectivity index (χ4v) is 2.66. The molecule has 0 aliphatic heterocycles. The van der Waals surface area contributed by atoms with Crippen LogP contribution in [-0.4, -0.2) is 7.11 Å². The lowest BCUT2D eigenvalue weighted by Crippen LogP contribution is -2.24. The molecule has 1 saturated carbocycles.